The molecule has 0 bridgehead atoms. The van der Waals surface area contributed by atoms with Crippen molar-refractivity contribution in [2.24, 2.45) is 0 Å². The molecule has 0 aromatic carbocycles. The number of hydrogen-bond donors (Lipinski definition) is 0. The van der Waals surface area contributed by atoms with Crippen molar-refractivity contribution < 1.29 is 0 Å². The first kappa shape index (κ1) is 5.87. The molecular formula is C4H7BS3. The van der Waals surface area contributed by atoms with E-state index in [0.29, 0.717) is 3.41 Å². The van der Waals surface area contributed by atoms with Crippen molar-refractivity contribution in [3.05, 3.63) is 0 Å². The van der Waals surface area contributed by atoms with Gasteiger partial charge in [0.25, 0.3) is 0 Å². The molecule has 2 saturated heterocycles. The standard InChI is InChI=1S/C4H7BS3/c1-2-3-4-6-8(4,5)7-4/h2-3H2,1H3. The summed E-state index contributed by atoms with van der Waals surface area (Å²) in [7, 11) is 3.50. The van der Waals surface area contributed by atoms with Crippen LogP contribution < -0.4 is 0 Å². The average molecular weight is 162 g/mol. The van der Waals surface area contributed by atoms with E-state index in [1.807, 2.05) is 21.6 Å². The third-order valence-corrected chi connectivity index (χ3v) is 12.3. The maximum atomic E-state index is 5.87. The van der Waals surface area contributed by atoms with E-state index < -0.39 is 7.33 Å². The van der Waals surface area contributed by atoms with Gasteiger partial charge in [-0.05, 0) is 0 Å². The van der Waals surface area contributed by atoms with E-state index in [0.717, 1.165) is 0 Å². The normalized spacial score (nSPS) is 57.9. The molecule has 2 fully saturated rings. The van der Waals surface area contributed by atoms with Gasteiger partial charge in [-0.2, -0.15) is 0 Å². The Morgan fingerprint density at radius 1 is 1.62 bits per heavy atom. The van der Waals surface area contributed by atoms with Crippen molar-refractivity contribution >= 4 is 35.4 Å². The molecule has 0 N–H and O–H groups in total. The van der Waals surface area contributed by atoms with Crippen molar-refractivity contribution in [2.75, 3.05) is 0 Å². The van der Waals surface area contributed by atoms with E-state index in [1.165, 1.54) is 12.8 Å². The summed E-state index contributed by atoms with van der Waals surface area (Å²) in [6.07, 6.45) is 2.64. The summed E-state index contributed by atoms with van der Waals surface area (Å²) in [5.41, 5.74) is 0. The Morgan fingerprint density at radius 3 is 2.25 bits per heavy atom. The molecule has 0 radical (unpaired) electrons. The number of fused-ring (bicyclic) bond motifs is 1. The summed E-state index contributed by atoms with van der Waals surface area (Å²) in [5.74, 6) is 0. The van der Waals surface area contributed by atoms with Crippen LogP contribution in [0.4, 0.5) is 0 Å². The third kappa shape index (κ3) is 0.544. The second kappa shape index (κ2) is 1.40. The van der Waals surface area contributed by atoms with Crippen LogP contribution in [0, 0.1) is 0 Å². The van der Waals surface area contributed by atoms with Crippen LogP contribution in [-0.2, 0) is 0 Å². The fourth-order valence-corrected chi connectivity index (χ4v) is 11.2. The molecule has 0 nitrogen and oxygen atoms in total. The minimum atomic E-state index is -0.540. The summed E-state index contributed by atoms with van der Waals surface area (Å²) in [5, 5.41) is 0. The number of hydrogen-bond acceptors (Lipinski definition) is 2. The van der Waals surface area contributed by atoms with E-state index in [1.54, 1.807) is 0 Å². The maximum absolute atomic E-state index is 5.87. The Labute approximate surface area is 58.8 Å². The van der Waals surface area contributed by atoms with Gasteiger partial charge in [0.05, 0.1) is 0 Å². The molecule has 0 amide bonds. The molecule has 2 heterocycles. The Balaban J connectivity index is 2.07. The third-order valence-electron chi connectivity index (χ3n) is 1.44. The van der Waals surface area contributed by atoms with E-state index >= 15 is 0 Å². The minimum absolute atomic E-state index is 0.540. The van der Waals surface area contributed by atoms with E-state index in [4.69, 9.17) is 6.53 Å². The zero-order valence-electron chi connectivity index (χ0n) is 4.72. The first-order valence-corrected chi connectivity index (χ1v) is 7.10. The van der Waals surface area contributed by atoms with Gasteiger partial charge in [0.2, 0.25) is 0 Å². The topological polar surface area (TPSA) is 0 Å². The summed E-state index contributed by atoms with van der Waals surface area (Å²) < 4.78 is 0.599. The van der Waals surface area contributed by atoms with Gasteiger partial charge in [-0.3, -0.25) is 0 Å². The summed E-state index contributed by atoms with van der Waals surface area (Å²) in [6, 6.07) is 0. The van der Waals surface area contributed by atoms with Crippen LogP contribution in [0.1, 0.15) is 19.8 Å². The first-order chi connectivity index (χ1) is 3.72. The van der Waals surface area contributed by atoms with E-state index in [9.17, 15) is 0 Å². The molecule has 0 saturated carbocycles. The van der Waals surface area contributed by atoms with Crippen LogP contribution >= 0.6 is 28.9 Å². The van der Waals surface area contributed by atoms with E-state index in [2.05, 4.69) is 6.92 Å². The van der Waals surface area contributed by atoms with Crippen molar-refractivity contribution in [1.82, 2.24) is 0 Å². The summed E-state index contributed by atoms with van der Waals surface area (Å²) in [6.45, 7) is 8.10. The van der Waals surface area contributed by atoms with Crippen LogP contribution in [0.25, 0.3) is 0 Å². The Hall–Kier alpha value is 1.11. The Morgan fingerprint density at radius 2 is 2.12 bits per heavy atom. The molecule has 0 aromatic rings. The predicted octanol–water partition coefficient (Wildman–Crippen LogP) is 2.65. The molecule has 8 heavy (non-hydrogen) atoms. The van der Waals surface area contributed by atoms with Crippen molar-refractivity contribution in [2.45, 2.75) is 23.2 Å². The molecule has 2 aliphatic rings. The van der Waals surface area contributed by atoms with Gasteiger partial charge in [-0.15, -0.1) is 0 Å². The van der Waals surface area contributed by atoms with Crippen LogP contribution in [0.5, 0.6) is 0 Å². The summed E-state index contributed by atoms with van der Waals surface area (Å²) in [4.78, 5) is 0. The van der Waals surface area contributed by atoms with E-state index in [-0.39, 0.29) is 0 Å². The molecule has 0 atom stereocenters. The zero-order valence-corrected chi connectivity index (χ0v) is 7.17. The fourth-order valence-electron chi connectivity index (χ4n) is 0.881. The molecule has 4 heteroatoms. The second-order valence-corrected chi connectivity index (χ2v) is 11.2. The first-order valence-electron chi connectivity index (χ1n) is 2.74. The van der Waals surface area contributed by atoms with Gasteiger partial charge in [0.1, 0.15) is 0 Å². The second-order valence-electron chi connectivity index (χ2n) is 2.14. The quantitative estimate of drug-likeness (QED) is 0.348. The summed E-state index contributed by atoms with van der Waals surface area (Å²) >= 11 is 0. The molecule has 2 rings (SSSR count). The van der Waals surface area contributed by atoms with Gasteiger partial charge in [-0.25, -0.2) is 0 Å². The van der Waals surface area contributed by atoms with Crippen LogP contribution in [0.3, 0.4) is 0 Å². The van der Waals surface area contributed by atoms with Gasteiger partial charge >= 0.3 is 58.6 Å². The van der Waals surface area contributed by atoms with Gasteiger partial charge < -0.3 is 0 Å². The van der Waals surface area contributed by atoms with Gasteiger partial charge in [0, 0.05) is 0 Å². The Bertz CT molecular complexity index is 210. The zero-order chi connectivity index (χ0) is 5.83. The molecule has 0 aromatic heterocycles. The van der Waals surface area contributed by atoms with Crippen molar-refractivity contribution in [1.29, 1.82) is 0 Å². The fraction of sp³-hybridized carbons (Fsp3) is 1.00. The SMILES string of the molecule is B#S12SC1(CCC)S2. The molecule has 0 unspecified atom stereocenters. The predicted molar refractivity (Wildman–Crippen MR) is 46.2 cm³/mol. The average Bonchev–Trinajstić information content (AvgIpc) is 2.25. The van der Waals surface area contributed by atoms with Crippen LogP contribution in [-0.4, -0.2) is 9.94 Å². The molecule has 0 spiro atoms. The van der Waals surface area contributed by atoms with Crippen molar-refractivity contribution in [3.63, 3.8) is 0 Å². The molecular weight excluding hydrogens is 155 g/mol. The van der Waals surface area contributed by atoms with Crippen LogP contribution in [0.2, 0.25) is 0 Å². The number of rotatable bonds is 2. The molecule has 2 aliphatic heterocycles. The Kier molecular flexibility index (Phi) is 1.03. The van der Waals surface area contributed by atoms with Crippen molar-refractivity contribution in [3.8, 4) is 0 Å². The molecule has 0 aliphatic carbocycles. The van der Waals surface area contributed by atoms with Gasteiger partial charge in [-0.1, -0.05) is 0 Å². The van der Waals surface area contributed by atoms with Gasteiger partial charge in [0.15, 0.2) is 0 Å². The monoisotopic (exact) mass is 162 g/mol. The van der Waals surface area contributed by atoms with Crippen LogP contribution in [0.15, 0.2) is 0 Å². The molecule has 44 valence electrons.